The summed E-state index contributed by atoms with van der Waals surface area (Å²) >= 11 is 0. The number of esters is 1. The number of methoxy groups -OCH3 is 1. The Bertz CT molecular complexity index is 1010. The first-order valence-corrected chi connectivity index (χ1v) is 17.5. The summed E-state index contributed by atoms with van der Waals surface area (Å²) in [5, 5.41) is 35.3. The lowest BCUT2D eigenvalue weighted by atomic mass is 9.81. The van der Waals surface area contributed by atoms with Crippen LogP contribution in [0, 0.1) is 5.92 Å². The predicted molar refractivity (Wildman–Crippen MR) is 182 cm³/mol. The fourth-order valence-corrected chi connectivity index (χ4v) is 5.51. The van der Waals surface area contributed by atoms with Crippen molar-refractivity contribution in [2.24, 2.45) is 5.92 Å². The fraction of sp³-hybridized carbons (Fsp3) is 0.703. The molecule has 0 fully saturated rings. The monoisotopic (exact) mass is 647 g/mol. The van der Waals surface area contributed by atoms with E-state index in [-0.39, 0.29) is 12.8 Å². The van der Waals surface area contributed by atoms with Crippen molar-refractivity contribution in [2.75, 3.05) is 13.7 Å². The van der Waals surface area contributed by atoms with Gasteiger partial charge in [0.25, 0.3) is 0 Å². The number of allylic oxidation sites excluding steroid dienone is 1. The number of hydrogen-bond donors (Lipinski definition) is 4. The highest BCUT2D eigenvalue weighted by Crippen LogP contribution is 2.29. The van der Waals surface area contributed by atoms with E-state index in [9.17, 15) is 29.7 Å². The van der Waals surface area contributed by atoms with Crippen molar-refractivity contribution in [2.45, 2.75) is 148 Å². The molecule has 0 bridgehead atoms. The molecular weight excluding hydrogens is 586 g/mol. The van der Waals surface area contributed by atoms with E-state index < -0.39 is 35.7 Å². The van der Waals surface area contributed by atoms with Crippen LogP contribution in [0.2, 0.25) is 0 Å². The van der Waals surface area contributed by atoms with Crippen LogP contribution in [-0.2, 0) is 25.5 Å². The maximum absolute atomic E-state index is 12.7. The number of carboxylic acid groups (broad SMARTS) is 1. The van der Waals surface area contributed by atoms with Crippen molar-refractivity contribution < 1.29 is 39.2 Å². The number of aliphatic hydroxyl groups excluding tert-OH is 1. The Hall–Kier alpha value is -2.75. The van der Waals surface area contributed by atoms with Gasteiger partial charge in [-0.15, -0.1) is 0 Å². The van der Waals surface area contributed by atoms with E-state index >= 15 is 0 Å². The average Bonchev–Trinajstić information content (AvgIpc) is 3.04. The van der Waals surface area contributed by atoms with Crippen molar-refractivity contribution in [1.29, 1.82) is 0 Å². The number of unbranched alkanes of at least 4 members (excludes halogenated alkanes) is 9. The second-order valence-corrected chi connectivity index (χ2v) is 12.3. The van der Waals surface area contributed by atoms with Crippen molar-refractivity contribution >= 4 is 17.7 Å². The predicted octanol–water partition coefficient (Wildman–Crippen LogP) is 6.92. The number of aliphatic carboxylic acids is 1. The number of ketones is 1. The second-order valence-electron chi connectivity index (χ2n) is 12.3. The van der Waals surface area contributed by atoms with Crippen molar-refractivity contribution in [3.63, 3.8) is 0 Å². The molecule has 1 aromatic rings. The summed E-state index contributed by atoms with van der Waals surface area (Å²) in [6.45, 7) is 6.65. The molecule has 0 saturated heterocycles. The zero-order valence-corrected chi connectivity index (χ0v) is 28.8. The Morgan fingerprint density at radius 2 is 1.48 bits per heavy atom. The SMILES string of the molecule is CCCCCCCC(=O)CCCCCC/C=C/[C@H](C(O)N[C@@H](Cc1ccc(OCCCC)cc1)C(=O)OC)[C@@](O)(CCC)C(=O)O. The smallest absolute Gasteiger partial charge is 0.336 e. The number of aliphatic hydroxyl groups is 2. The van der Waals surface area contributed by atoms with Crippen LogP contribution in [0.3, 0.4) is 0 Å². The molecule has 4 atom stereocenters. The molecule has 0 saturated carbocycles. The largest absolute Gasteiger partial charge is 0.494 e. The van der Waals surface area contributed by atoms with Gasteiger partial charge in [0.1, 0.15) is 23.8 Å². The third-order valence-electron chi connectivity index (χ3n) is 8.36. The lowest BCUT2D eigenvalue weighted by molar-refractivity contribution is -0.170. The zero-order chi connectivity index (χ0) is 34.2. The molecule has 1 aromatic carbocycles. The van der Waals surface area contributed by atoms with Gasteiger partial charge in [0.15, 0.2) is 5.60 Å². The number of carbonyl (C=O) groups is 3. The summed E-state index contributed by atoms with van der Waals surface area (Å²) in [5.41, 5.74) is -1.45. The number of hydrogen-bond acceptors (Lipinski definition) is 8. The highest BCUT2D eigenvalue weighted by Gasteiger charge is 2.46. The fourth-order valence-electron chi connectivity index (χ4n) is 5.51. The molecule has 0 spiro atoms. The lowest BCUT2D eigenvalue weighted by Gasteiger charge is -2.35. The summed E-state index contributed by atoms with van der Waals surface area (Å²) in [7, 11) is 1.25. The van der Waals surface area contributed by atoms with Crippen molar-refractivity contribution in [3.8, 4) is 5.75 Å². The Morgan fingerprint density at radius 1 is 0.870 bits per heavy atom. The molecule has 0 aromatic heterocycles. The number of rotatable bonds is 28. The molecular formula is C37H61NO8. The van der Waals surface area contributed by atoms with E-state index in [4.69, 9.17) is 9.47 Å². The van der Waals surface area contributed by atoms with Gasteiger partial charge in [0.05, 0.1) is 19.6 Å². The van der Waals surface area contributed by atoms with E-state index in [2.05, 4.69) is 19.2 Å². The van der Waals surface area contributed by atoms with Crippen LogP contribution < -0.4 is 10.1 Å². The zero-order valence-electron chi connectivity index (χ0n) is 28.8. The molecule has 4 N–H and O–H groups in total. The number of benzene rings is 1. The highest BCUT2D eigenvalue weighted by molar-refractivity contribution is 5.79. The quantitative estimate of drug-likeness (QED) is 0.0330. The van der Waals surface area contributed by atoms with Gasteiger partial charge in [-0.25, -0.2) is 4.79 Å². The molecule has 9 heteroatoms. The number of nitrogens with one attached hydrogen (secondary N) is 1. The van der Waals surface area contributed by atoms with Crippen LogP contribution in [0.4, 0.5) is 0 Å². The van der Waals surface area contributed by atoms with Gasteiger partial charge in [-0.05, 0) is 62.6 Å². The van der Waals surface area contributed by atoms with Crippen LogP contribution >= 0.6 is 0 Å². The van der Waals surface area contributed by atoms with Gasteiger partial charge in [-0.3, -0.25) is 14.9 Å². The van der Waals surface area contributed by atoms with Crippen molar-refractivity contribution in [3.05, 3.63) is 42.0 Å². The van der Waals surface area contributed by atoms with E-state index in [0.29, 0.717) is 38.1 Å². The summed E-state index contributed by atoms with van der Waals surface area (Å²) in [5.74, 6) is -2.22. The Kier molecular flexibility index (Phi) is 21.9. The van der Waals surface area contributed by atoms with Crippen LogP contribution in [0.5, 0.6) is 5.75 Å². The first-order valence-electron chi connectivity index (χ1n) is 17.5. The first kappa shape index (κ1) is 41.3. The molecule has 0 aliphatic carbocycles. The topological polar surface area (TPSA) is 142 Å². The third kappa shape index (κ3) is 16.2. The molecule has 1 rings (SSSR count). The molecule has 1 unspecified atom stereocenters. The molecule has 0 aliphatic rings. The van der Waals surface area contributed by atoms with E-state index in [1.165, 1.54) is 26.4 Å². The minimum atomic E-state index is -2.24. The maximum atomic E-state index is 12.7. The van der Waals surface area contributed by atoms with Gasteiger partial charge in [-0.2, -0.15) is 0 Å². The second kappa shape index (κ2) is 24.4. The number of carbonyl (C=O) groups excluding carboxylic acids is 2. The van der Waals surface area contributed by atoms with Gasteiger partial charge in [-0.1, -0.05) is 96.4 Å². The minimum absolute atomic E-state index is 0.0783. The third-order valence-corrected chi connectivity index (χ3v) is 8.36. The van der Waals surface area contributed by atoms with Crippen LogP contribution in [0.15, 0.2) is 36.4 Å². The lowest BCUT2D eigenvalue weighted by Crippen LogP contribution is -2.57. The van der Waals surface area contributed by atoms with E-state index in [1.807, 2.05) is 24.3 Å². The summed E-state index contributed by atoms with van der Waals surface area (Å²) in [4.78, 5) is 37.1. The molecule has 0 heterocycles. The standard InChI is InChI=1S/C37H61NO8/c1-5-8-10-13-16-19-30(39)20-17-14-11-12-15-18-21-32(37(44,26-7-3)36(42)43)34(40)38-33(35(41)45-4)28-29-22-24-31(25-23-29)46-27-9-6-2/h18,21-25,32-34,38,40,44H,5-17,19-20,26-28H2,1-4H3,(H,42,43)/b21-18+/t32-,33+,34?,37+/m1/s1. The van der Waals surface area contributed by atoms with Crippen LogP contribution in [0.1, 0.15) is 129 Å². The van der Waals surface area contributed by atoms with Gasteiger partial charge in [0.2, 0.25) is 0 Å². The number of Topliss-reactive ketones (excluding diaryl/α,β-unsaturated/α-hetero) is 1. The molecule has 0 radical (unpaired) electrons. The summed E-state index contributed by atoms with van der Waals surface area (Å²) < 4.78 is 10.7. The summed E-state index contributed by atoms with van der Waals surface area (Å²) in [6.07, 6.45) is 15.4. The summed E-state index contributed by atoms with van der Waals surface area (Å²) in [6, 6.07) is 6.32. The van der Waals surface area contributed by atoms with Crippen LogP contribution in [-0.4, -0.2) is 64.6 Å². The highest BCUT2D eigenvalue weighted by atomic mass is 16.5. The molecule has 0 amide bonds. The van der Waals surface area contributed by atoms with Gasteiger partial charge >= 0.3 is 11.9 Å². The van der Waals surface area contributed by atoms with Gasteiger partial charge < -0.3 is 24.8 Å². The Balaban J connectivity index is 2.80. The van der Waals surface area contributed by atoms with Gasteiger partial charge in [0, 0.05) is 12.8 Å². The maximum Gasteiger partial charge on any atom is 0.336 e. The minimum Gasteiger partial charge on any atom is -0.494 e. The molecule has 9 nitrogen and oxygen atoms in total. The Morgan fingerprint density at radius 3 is 2.04 bits per heavy atom. The number of carboxylic acids is 1. The van der Waals surface area contributed by atoms with Crippen LogP contribution in [0.25, 0.3) is 0 Å². The average molecular weight is 648 g/mol. The van der Waals surface area contributed by atoms with Crippen molar-refractivity contribution in [1.82, 2.24) is 5.32 Å². The molecule has 262 valence electrons. The van der Waals surface area contributed by atoms with E-state index in [0.717, 1.165) is 62.7 Å². The molecule has 0 aliphatic heterocycles. The Labute approximate surface area is 277 Å². The normalized spacial score (nSPS) is 14.8. The molecule has 46 heavy (non-hydrogen) atoms. The first-order chi connectivity index (χ1) is 22.1. The van der Waals surface area contributed by atoms with E-state index in [1.54, 1.807) is 19.1 Å². The number of ether oxygens (including phenoxy) is 2.